The van der Waals surface area contributed by atoms with Gasteiger partial charge in [-0.2, -0.15) is 0 Å². The van der Waals surface area contributed by atoms with Gasteiger partial charge in [0.15, 0.2) is 0 Å². The molecule has 1 unspecified atom stereocenters. The number of hydrogen-bond donors (Lipinski definition) is 2. The Morgan fingerprint density at radius 2 is 2.00 bits per heavy atom. The number of benzene rings is 1. The number of amides is 1. The van der Waals surface area contributed by atoms with Crippen molar-refractivity contribution < 1.29 is 14.3 Å². The average molecular weight is 313 g/mol. The molecule has 4 nitrogen and oxygen atoms in total. The highest BCUT2D eigenvalue weighted by Crippen LogP contribution is 2.44. The maximum Gasteiger partial charge on any atom is 0.226 e. The fourth-order valence-electron chi connectivity index (χ4n) is 3.19. The van der Waals surface area contributed by atoms with Crippen molar-refractivity contribution in [1.29, 1.82) is 0 Å². The molecule has 0 saturated heterocycles. The Kier molecular flexibility index (Phi) is 4.26. The Bertz CT molecular complexity index is 643. The van der Waals surface area contributed by atoms with Crippen LogP contribution in [0.15, 0.2) is 53.1 Å². The summed E-state index contributed by atoms with van der Waals surface area (Å²) in [5, 5.41) is 13.4. The van der Waals surface area contributed by atoms with E-state index in [1.165, 1.54) is 11.8 Å². The summed E-state index contributed by atoms with van der Waals surface area (Å²) in [6, 6.07) is 13.6. The van der Waals surface area contributed by atoms with Crippen LogP contribution in [0, 0.1) is 5.41 Å². The van der Waals surface area contributed by atoms with E-state index in [1.54, 1.807) is 19.1 Å². The molecule has 1 aromatic carbocycles. The summed E-state index contributed by atoms with van der Waals surface area (Å²) in [6.07, 6.45) is 5.15. The average Bonchev–Trinajstić information content (AvgIpc) is 3.05. The number of carbonyl (C=O) groups is 1. The van der Waals surface area contributed by atoms with Crippen molar-refractivity contribution >= 4 is 5.91 Å². The molecule has 23 heavy (non-hydrogen) atoms. The number of furan rings is 1. The molecule has 1 aliphatic carbocycles. The van der Waals surface area contributed by atoms with E-state index in [2.05, 4.69) is 17.4 Å². The van der Waals surface area contributed by atoms with Crippen LogP contribution >= 0.6 is 0 Å². The predicted molar refractivity (Wildman–Crippen MR) is 87.7 cm³/mol. The minimum atomic E-state index is -1.20. The third-order valence-electron chi connectivity index (χ3n) is 4.82. The summed E-state index contributed by atoms with van der Waals surface area (Å²) in [5.74, 6) is 0.489. The fraction of sp³-hybridized carbons (Fsp3) is 0.421. The highest BCUT2D eigenvalue weighted by atomic mass is 16.4. The van der Waals surface area contributed by atoms with E-state index >= 15 is 0 Å². The van der Waals surface area contributed by atoms with E-state index in [0.717, 1.165) is 25.7 Å². The first kappa shape index (κ1) is 15.8. The molecule has 0 bridgehead atoms. The van der Waals surface area contributed by atoms with Crippen molar-refractivity contribution in [3.05, 3.63) is 60.1 Å². The first-order chi connectivity index (χ1) is 11.0. The quantitative estimate of drug-likeness (QED) is 0.861. The lowest BCUT2D eigenvalue weighted by atomic mass is 9.64. The lowest BCUT2D eigenvalue weighted by molar-refractivity contribution is -0.137. The monoisotopic (exact) mass is 313 g/mol. The normalized spacial score (nSPS) is 18.7. The second kappa shape index (κ2) is 6.20. The van der Waals surface area contributed by atoms with E-state index in [4.69, 9.17) is 4.42 Å². The van der Waals surface area contributed by atoms with Crippen LogP contribution in [0.25, 0.3) is 0 Å². The zero-order valence-electron chi connectivity index (χ0n) is 13.4. The van der Waals surface area contributed by atoms with Crippen molar-refractivity contribution in [2.75, 3.05) is 6.54 Å². The molecule has 1 aromatic heterocycles. The summed E-state index contributed by atoms with van der Waals surface area (Å²) in [5.41, 5.74) is -0.350. The smallest absolute Gasteiger partial charge is 0.226 e. The third kappa shape index (κ3) is 3.32. The SMILES string of the molecule is CC(O)(CNC(=O)C1(Cc2ccccc2)CCC1)c1ccco1. The van der Waals surface area contributed by atoms with E-state index in [1.807, 2.05) is 18.2 Å². The Morgan fingerprint density at radius 1 is 1.26 bits per heavy atom. The first-order valence-corrected chi connectivity index (χ1v) is 8.10. The summed E-state index contributed by atoms with van der Waals surface area (Å²) < 4.78 is 5.25. The van der Waals surface area contributed by atoms with Crippen LogP contribution in [0.1, 0.15) is 37.5 Å². The maximum atomic E-state index is 12.7. The molecular weight excluding hydrogens is 290 g/mol. The molecule has 122 valence electrons. The molecule has 4 heteroatoms. The molecular formula is C19H23NO3. The second-order valence-corrected chi connectivity index (χ2v) is 6.73. The molecule has 0 aliphatic heterocycles. The number of hydrogen-bond acceptors (Lipinski definition) is 3. The van der Waals surface area contributed by atoms with Crippen molar-refractivity contribution in [1.82, 2.24) is 5.32 Å². The molecule has 1 amide bonds. The summed E-state index contributed by atoms with van der Waals surface area (Å²) >= 11 is 0. The predicted octanol–water partition coefficient (Wildman–Crippen LogP) is 3.02. The van der Waals surface area contributed by atoms with Gasteiger partial charge < -0.3 is 14.8 Å². The lowest BCUT2D eigenvalue weighted by Crippen LogP contribution is -2.50. The molecule has 1 fully saturated rings. The first-order valence-electron chi connectivity index (χ1n) is 8.10. The highest BCUT2D eigenvalue weighted by Gasteiger charge is 2.44. The van der Waals surface area contributed by atoms with Crippen molar-refractivity contribution in [3.63, 3.8) is 0 Å². The van der Waals surface area contributed by atoms with Crippen molar-refractivity contribution in [3.8, 4) is 0 Å². The molecule has 2 N–H and O–H groups in total. The Morgan fingerprint density at radius 3 is 2.57 bits per heavy atom. The number of nitrogens with one attached hydrogen (secondary N) is 1. The molecule has 0 spiro atoms. The molecule has 1 heterocycles. The van der Waals surface area contributed by atoms with Crippen LogP contribution < -0.4 is 5.32 Å². The number of aliphatic hydroxyl groups is 1. The van der Waals surface area contributed by atoms with Gasteiger partial charge in [0.25, 0.3) is 0 Å². The zero-order valence-corrected chi connectivity index (χ0v) is 13.4. The largest absolute Gasteiger partial charge is 0.466 e. The Balaban J connectivity index is 1.64. The lowest BCUT2D eigenvalue weighted by Gasteiger charge is -2.41. The minimum Gasteiger partial charge on any atom is -0.466 e. The Hall–Kier alpha value is -2.07. The van der Waals surface area contributed by atoms with Crippen LogP contribution in [0.5, 0.6) is 0 Å². The van der Waals surface area contributed by atoms with E-state index in [9.17, 15) is 9.90 Å². The van der Waals surface area contributed by atoms with Gasteiger partial charge in [-0.15, -0.1) is 0 Å². The topological polar surface area (TPSA) is 62.5 Å². The van der Waals surface area contributed by atoms with Gasteiger partial charge in [-0.05, 0) is 43.9 Å². The van der Waals surface area contributed by atoms with Crippen LogP contribution in [-0.4, -0.2) is 17.6 Å². The molecule has 1 atom stereocenters. The summed E-state index contributed by atoms with van der Waals surface area (Å²) in [4.78, 5) is 12.7. The van der Waals surface area contributed by atoms with E-state index in [-0.39, 0.29) is 17.9 Å². The molecule has 1 saturated carbocycles. The van der Waals surface area contributed by atoms with Crippen LogP contribution in [-0.2, 0) is 16.8 Å². The van der Waals surface area contributed by atoms with Crippen LogP contribution in [0.3, 0.4) is 0 Å². The molecule has 2 aromatic rings. The van der Waals surface area contributed by atoms with E-state index < -0.39 is 5.60 Å². The van der Waals surface area contributed by atoms with Gasteiger partial charge >= 0.3 is 0 Å². The maximum absolute atomic E-state index is 12.7. The zero-order chi connectivity index (χ0) is 16.3. The van der Waals surface area contributed by atoms with Crippen molar-refractivity contribution in [2.24, 2.45) is 5.41 Å². The van der Waals surface area contributed by atoms with Gasteiger partial charge in [-0.1, -0.05) is 36.8 Å². The molecule has 3 rings (SSSR count). The van der Waals surface area contributed by atoms with Gasteiger partial charge in [-0.3, -0.25) is 4.79 Å². The summed E-state index contributed by atoms with van der Waals surface area (Å²) in [6.45, 7) is 1.80. The minimum absolute atomic E-state index is 0.0273. The second-order valence-electron chi connectivity index (χ2n) is 6.73. The summed E-state index contributed by atoms with van der Waals surface area (Å²) in [7, 11) is 0. The van der Waals surface area contributed by atoms with Gasteiger partial charge in [0.05, 0.1) is 18.2 Å². The third-order valence-corrected chi connectivity index (χ3v) is 4.82. The van der Waals surface area contributed by atoms with Crippen LogP contribution in [0.2, 0.25) is 0 Å². The van der Waals surface area contributed by atoms with Gasteiger partial charge in [0, 0.05) is 0 Å². The number of rotatable bonds is 6. The van der Waals surface area contributed by atoms with Gasteiger partial charge in [-0.25, -0.2) is 0 Å². The van der Waals surface area contributed by atoms with Gasteiger partial charge in [0.1, 0.15) is 11.4 Å². The molecule has 0 radical (unpaired) electrons. The fourth-order valence-corrected chi connectivity index (χ4v) is 3.19. The van der Waals surface area contributed by atoms with Crippen LogP contribution in [0.4, 0.5) is 0 Å². The number of carbonyl (C=O) groups excluding carboxylic acids is 1. The Labute approximate surface area is 136 Å². The highest BCUT2D eigenvalue weighted by molar-refractivity contribution is 5.84. The molecule has 1 aliphatic rings. The van der Waals surface area contributed by atoms with Gasteiger partial charge in [0.2, 0.25) is 5.91 Å². The van der Waals surface area contributed by atoms with E-state index in [0.29, 0.717) is 5.76 Å². The standard InChI is InChI=1S/C19H23NO3/c1-18(22,16-9-5-12-23-16)14-20-17(21)19(10-6-11-19)13-15-7-3-2-4-8-15/h2-5,7-9,12,22H,6,10-11,13-14H2,1H3,(H,20,21). The van der Waals surface area contributed by atoms with Crippen molar-refractivity contribution in [2.45, 2.75) is 38.2 Å².